The third-order valence-corrected chi connectivity index (χ3v) is 3.57. The number of nitriles is 1. The van der Waals surface area contributed by atoms with E-state index >= 15 is 0 Å². The van der Waals surface area contributed by atoms with Crippen molar-refractivity contribution >= 4 is 40.5 Å². The van der Waals surface area contributed by atoms with Gasteiger partial charge in [-0.2, -0.15) is 5.26 Å². The Labute approximate surface area is 136 Å². The standard InChI is InChI=1S/C14H11ClN4O2S/c1-21-14(20)12-11(17)7(5-16)6-19(12)8-2-3-9(13(18)22)10(15)4-8/h2-4,6H,17H2,1H3,(H2,18,22). The third kappa shape index (κ3) is 2.62. The fourth-order valence-corrected chi connectivity index (χ4v) is 2.48. The van der Waals surface area contributed by atoms with Crippen molar-refractivity contribution in [1.82, 2.24) is 4.57 Å². The van der Waals surface area contributed by atoms with E-state index in [1.165, 1.54) is 17.9 Å². The largest absolute Gasteiger partial charge is 0.464 e. The number of anilines is 1. The van der Waals surface area contributed by atoms with Crippen LogP contribution in [0.25, 0.3) is 5.69 Å². The number of ether oxygens (including phenoxy) is 1. The Kier molecular flexibility index (Phi) is 4.35. The number of esters is 1. The van der Waals surface area contributed by atoms with E-state index in [4.69, 9.17) is 45.3 Å². The zero-order valence-corrected chi connectivity index (χ0v) is 13.0. The third-order valence-electron chi connectivity index (χ3n) is 3.04. The monoisotopic (exact) mass is 334 g/mol. The molecule has 1 aromatic heterocycles. The Hall–Kier alpha value is -2.56. The Bertz CT molecular complexity index is 823. The molecule has 0 atom stereocenters. The molecule has 2 rings (SSSR count). The molecule has 0 saturated carbocycles. The molecule has 0 radical (unpaired) electrons. The van der Waals surface area contributed by atoms with Crippen LogP contribution in [0.1, 0.15) is 21.6 Å². The first-order valence-electron chi connectivity index (χ1n) is 5.99. The summed E-state index contributed by atoms with van der Waals surface area (Å²) in [6.45, 7) is 0. The number of nitrogens with zero attached hydrogens (tertiary/aromatic N) is 2. The van der Waals surface area contributed by atoms with Crippen molar-refractivity contribution in [2.45, 2.75) is 0 Å². The van der Waals surface area contributed by atoms with Gasteiger partial charge < -0.3 is 20.8 Å². The normalized spacial score (nSPS) is 10.0. The molecule has 0 unspecified atom stereocenters. The van der Waals surface area contributed by atoms with Crippen LogP contribution in [0.2, 0.25) is 5.02 Å². The van der Waals surface area contributed by atoms with E-state index in [0.717, 1.165) is 0 Å². The molecule has 0 aliphatic rings. The molecule has 22 heavy (non-hydrogen) atoms. The SMILES string of the molecule is COC(=O)c1c(N)c(C#N)cn1-c1ccc(C(N)=S)c(Cl)c1. The Morgan fingerprint density at radius 1 is 1.50 bits per heavy atom. The van der Waals surface area contributed by atoms with E-state index in [1.807, 2.05) is 6.07 Å². The van der Waals surface area contributed by atoms with Gasteiger partial charge in [0.2, 0.25) is 0 Å². The van der Waals surface area contributed by atoms with Crippen molar-refractivity contribution in [3.63, 3.8) is 0 Å². The minimum atomic E-state index is -0.659. The van der Waals surface area contributed by atoms with Crippen molar-refractivity contribution in [2.75, 3.05) is 12.8 Å². The maximum atomic E-state index is 11.9. The summed E-state index contributed by atoms with van der Waals surface area (Å²) in [4.78, 5) is 12.1. The van der Waals surface area contributed by atoms with Gasteiger partial charge in [0, 0.05) is 17.4 Å². The Balaban J connectivity index is 2.67. The van der Waals surface area contributed by atoms with Gasteiger partial charge in [0.05, 0.1) is 23.4 Å². The first-order chi connectivity index (χ1) is 10.4. The Morgan fingerprint density at radius 3 is 2.68 bits per heavy atom. The lowest BCUT2D eigenvalue weighted by Crippen LogP contribution is -2.12. The number of benzene rings is 1. The van der Waals surface area contributed by atoms with Crippen molar-refractivity contribution in [3.8, 4) is 11.8 Å². The average molecular weight is 335 g/mol. The lowest BCUT2D eigenvalue weighted by Gasteiger charge is -2.10. The summed E-state index contributed by atoms with van der Waals surface area (Å²) in [5.74, 6) is -0.659. The first kappa shape index (κ1) is 15.8. The Morgan fingerprint density at radius 2 is 2.18 bits per heavy atom. The van der Waals surface area contributed by atoms with Gasteiger partial charge in [-0.05, 0) is 18.2 Å². The number of halogens is 1. The topological polar surface area (TPSA) is 107 Å². The molecule has 6 nitrogen and oxygen atoms in total. The molecule has 112 valence electrons. The fourth-order valence-electron chi connectivity index (χ4n) is 1.97. The molecule has 2 aromatic rings. The average Bonchev–Trinajstić information content (AvgIpc) is 2.82. The smallest absolute Gasteiger partial charge is 0.357 e. The number of rotatable bonds is 3. The van der Waals surface area contributed by atoms with Gasteiger partial charge in [-0.1, -0.05) is 23.8 Å². The van der Waals surface area contributed by atoms with Gasteiger partial charge in [0.25, 0.3) is 0 Å². The van der Waals surface area contributed by atoms with Crippen LogP contribution in [0.4, 0.5) is 5.69 Å². The quantitative estimate of drug-likeness (QED) is 0.656. The number of hydrogen-bond donors (Lipinski definition) is 2. The molecule has 0 saturated heterocycles. The summed E-state index contributed by atoms with van der Waals surface area (Å²) in [5.41, 5.74) is 12.7. The number of nitrogen functional groups attached to an aromatic ring is 1. The highest BCUT2D eigenvalue weighted by molar-refractivity contribution is 7.80. The summed E-state index contributed by atoms with van der Waals surface area (Å²) in [7, 11) is 1.23. The van der Waals surface area contributed by atoms with Gasteiger partial charge >= 0.3 is 5.97 Å². The van der Waals surface area contributed by atoms with E-state index in [0.29, 0.717) is 16.3 Å². The summed E-state index contributed by atoms with van der Waals surface area (Å²) in [6.07, 6.45) is 1.44. The van der Waals surface area contributed by atoms with Gasteiger partial charge in [-0.25, -0.2) is 4.79 Å². The molecule has 4 N–H and O–H groups in total. The van der Waals surface area contributed by atoms with Gasteiger partial charge in [0.15, 0.2) is 5.69 Å². The number of thiocarbonyl (C=S) groups is 1. The van der Waals surface area contributed by atoms with E-state index in [-0.39, 0.29) is 21.9 Å². The van der Waals surface area contributed by atoms with Crippen molar-refractivity contribution in [3.05, 3.63) is 46.2 Å². The zero-order valence-electron chi connectivity index (χ0n) is 11.5. The number of methoxy groups -OCH3 is 1. The minimum absolute atomic E-state index is 0.0453. The number of aromatic nitrogens is 1. The fraction of sp³-hybridized carbons (Fsp3) is 0.0714. The summed E-state index contributed by atoms with van der Waals surface area (Å²) in [5, 5.41) is 9.40. The summed E-state index contributed by atoms with van der Waals surface area (Å²) >= 11 is 11.0. The minimum Gasteiger partial charge on any atom is -0.464 e. The summed E-state index contributed by atoms with van der Waals surface area (Å²) < 4.78 is 6.15. The highest BCUT2D eigenvalue weighted by Crippen LogP contribution is 2.27. The number of nitrogens with two attached hydrogens (primary N) is 2. The molecule has 1 heterocycles. The molecule has 1 aromatic carbocycles. The maximum Gasteiger partial charge on any atom is 0.357 e. The van der Waals surface area contributed by atoms with Crippen LogP contribution in [0.5, 0.6) is 0 Å². The predicted octanol–water partition coefficient (Wildman–Crippen LogP) is 2.01. The maximum absolute atomic E-state index is 11.9. The molecular formula is C14H11ClN4O2S. The molecule has 0 aliphatic heterocycles. The van der Waals surface area contributed by atoms with Crippen LogP contribution in [0, 0.1) is 11.3 Å². The molecule has 0 aliphatic carbocycles. The molecule has 8 heteroatoms. The van der Waals surface area contributed by atoms with Gasteiger partial charge in [0.1, 0.15) is 11.1 Å². The van der Waals surface area contributed by atoms with Gasteiger partial charge in [-0.3, -0.25) is 0 Å². The van der Waals surface area contributed by atoms with Crippen LogP contribution >= 0.6 is 23.8 Å². The van der Waals surface area contributed by atoms with Crippen LogP contribution in [0.15, 0.2) is 24.4 Å². The van der Waals surface area contributed by atoms with Crippen molar-refractivity contribution in [1.29, 1.82) is 5.26 Å². The molecule has 0 fully saturated rings. The molecule has 0 bridgehead atoms. The molecule has 0 amide bonds. The second-order valence-corrected chi connectivity index (χ2v) is 5.15. The van der Waals surface area contributed by atoms with Crippen LogP contribution in [-0.2, 0) is 4.74 Å². The number of carbonyl (C=O) groups is 1. The van der Waals surface area contributed by atoms with Crippen molar-refractivity contribution < 1.29 is 9.53 Å². The number of carbonyl (C=O) groups excluding carboxylic acids is 1. The first-order valence-corrected chi connectivity index (χ1v) is 6.78. The van der Waals surface area contributed by atoms with E-state index in [2.05, 4.69) is 0 Å². The molecular weight excluding hydrogens is 324 g/mol. The van der Waals surface area contributed by atoms with Crippen LogP contribution in [-0.4, -0.2) is 22.6 Å². The van der Waals surface area contributed by atoms with E-state index in [9.17, 15) is 4.79 Å². The lowest BCUT2D eigenvalue weighted by atomic mass is 10.2. The zero-order chi connectivity index (χ0) is 16.4. The van der Waals surface area contributed by atoms with E-state index < -0.39 is 5.97 Å². The highest BCUT2D eigenvalue weighted by Gasteiger charge is 2.22. The van der Waals surface area contributed by atoms with Crippen LogP contribution in [0.3, 0.4) is 0 Å². The second kappa shape index (κ2) is 6.05. The number of hydrogen-bond acceptors (Lipinski definition) is 5. The lowest BCUT2D eigenvalue weighted by molar-refractivity contribution is 0.0593. The second-order valence-electron chi connectivity index (χ2n) is 4.31. The van der Waals surface area contributed by atoms with Crippen LogP contribution < -0.4 is 11.5 Å². The highest BCUT2D eigenvalue weighted by atomic mass is 35.5. The van der Waals surface area contributed by atoms with Gasteiger partial charge in [-0.15, -0.1) is 0 Å². The predicted molar refractivity (Wildman–Crippen MR) is 87.1 cm³/mol. The molecule has 0 spiro atoms. The van der Waals surface area contributed by atoms with Crippen molar-refractivity contribution in [2.24, 2.45) is 5.73 Å². The summed E-state index contributed by atoms with van der Waals surface area (Å²) in [6, 6.07) is 6.78. The van der Waals surface area contributed by atoms with E-state index in [1.54, 1.807) is 18.2 Å².